The molecule has 16 nitrogen and oxygen atoms in total. The first kappa shape index (κ1) is 49.3. The van der Waals surface area contributed by atoms with Gasteiger partial charge in [-0.2, -0.15) is 5.10 Å². The highest BCUT2D eigenvalue weighted by Crippen LogP contribution is 2.25. The number of rotatable bonds is 19. The van der Waals surface area contributed by atoms with Gasteiger partial charge in [-0.3, -0.25) is 24.1 Å². The number of nitrogens with one attached hydrogen (secondary N) is 5. The number of ether oxygens (including phenoxy) is 1. The Morgan fingerprint density at radius 1 is 0.785 bits per heavy atom. The molecule has 4 aromatic rings. The standard InChI is InChI=1S/C48H57N7O9S/c1-6-19-40(50-44(58)41-28-36(31-55(41)47(61)64-48(3,4)5)54-65(62,63)38-26-17-10-18-27-38)43(45(59)49-30-37(57)29-39(32(2)56)33-20-11-7-12-21-33)52-53-46(60)51-42(34-22-13-8-14-23-34)35-24-15-9-16-25-35/h7-18,20-27,36,39-42,54H,6,19,28-31H2,1-5H3,(H,49,59)(H,50,58)(H2,51,53,60)/t36-,39-,40+,41?/m1/s1. The summed E-state index contributed by atoms with van der Waals surface area (Å²) < 4.78 is 34.9. The highest BCUT2D eigenvalue weighted by atomic mass is 32.2. The number of urea groups is 1. The molecule has 5 N–H and O–H groups in total. The second kappa shape index (κ2) is 22.8. The molecule has 0 aromatic heterocycles. The molecule has 1 aliphatic rings. The third-order valence-electron chi connectivity index (χ3n) is 10.5. The molecule has 0 saturated carbocycles. The number of hydrazone groups is 1. The van der Waals surface area contributed by atoms with Crippen LogP contribution in [0.4, 0.5) is 9.59 Å². The molecule has 0 spiro atoms. The average molecular weight is 908 g/mol. The maximum Gasteiger partial charge on any atom is 0.411 e. The minimum absolute atomic E-state index is 0.00245. The lowest BCUT2D eigenvalue weighted by Crippen LogP contribution is -2.54. The molecule has 0 radical (unpaired) electrons. The van der Waals surface area contributed by atoms with Crippen molar-refractivity contribution in [3.63, 3.8) is 0 Å². The summed E-state index contributed by atoms with van der Waals surface area (Å²) in [5, 5.41) is 12.5. The summed E-state index contributed by atoms with van der Waals surface area (Å²) in [5.74, 6) is -3.08. The van der Waals surface area contributed by atoms with E-state index >= 15 is 0 Å². The Morgan fingerprint density at radius 3 is 1.85 bits per heavy atom. The number of carbonyl (C=O) groups is 6. The van der Waals surface area contributed by atoms with E-state index in [-0.39, 0.29) is 42.2 Å². The van der Waals surface area contributed by atoms with E-state index in [4.69, 9.17) is 4.74 Å². The smallest absolute Gasteiger partial charge is 0.411 e. The highest BCUT2D eigenvalue weighted by Gasteiger charge is 2.44. The molecule has 4 atom stereocenters. The zero-order valence-electron chi connectivity index (χ0n) is 37.2. The van der Waals surface area contributed by atoms with Crippen molar-refractivity contribution >= 4 is 51.2 Å². The first-order valence-corrected chi connectivity index (χ1v) is 22.9. The predicted octanol–water partition coefficient (Wildman–Crippen LogP) is 5.52. The van der Waals surface area contributed by atoms with Crippen LogP contribution in [0.25, 0.3) is 0 Å². The van der Waals surface area contributed by atoms with Gasteiger partial charge in [-0.25, -0.2) is 28.2 Å². The Morgan fingerprint density at radius 2 is 1.32 bits per heavy atom. The van der Waals surface area contributed by atoms with Crippen molar-refractivity contribution in [3.8, 4) is 0 Å². The molecule has 1 saturated heterocycles. The van der Waals surface area contributed by atoms with Crippen LogP contribution in [0, 0.1) is 0 Å². The number of carbonyl (C=O) groups excluding carboxylic acids is 6. The Hall–Kier alpha value is -6.72. The first-order chi connectivity index (χ1) is 31.0. The molecule has 1 unspecified atom stereocenters. The highest BCUT2D eigenvalue weighted by molar-refractivity contribution is 7.89. The Bertz CT molecular complexity index is 2370. The van der Waals surface area contributed by atoms with Gasteiger partial charge in [0.25, 0.3) is 5.91 Å². The number of ketones is 2. The zero-order chi connectivity index (χ0) is 47.1. The van der Waals surface area contributed by atoms with E-state index in [9.17, 15) is 37.2 Å². The summed E-state index contributed by atoms with van der Waals surface area (Å²) in [6.07, 6.45) is -0.706. The van der Waals surface area contributed by atoms with E-state index in [0.717, 1.165) is 16.0 Å². The van der Waals surface area contributed by atoms with Crippen molar-refractivity contribution in [1.29, 1.82) is 0 Å². The molecule has 1 heterocycles. The lowest BCUT2D eigenvalue weighted by atomic mass is 9.90. The van der Waals surface area contributed by atoms with Gasteiger partial charge in [0.15, 0.2) is 5.78 Å². The van der Waals surface area contributed by atoms with E-state index in [0.29, 0.717) is 12.0 Å². The van der Waals surface area contributed by atoms with Crippen LogP contribution in [-0.4, -0.2) is 91.4 Å². The van der Waals surface area contributed by atoms with E-state index in [1.165, 1.54) is 19.1 Å². The fourth-order valence-corrected chi connectivity index (χ4v) is 8.64. The normalized spacial score (nSPS) is 16.2. The molecule has 0 aliphatic carbocycles. The monoisotopic (exact) mass is 907 g/mol. The molecule has 65 heavy (non-hydrogen) atoms. The van der Waals surface area contributed by atoms with Crippen LogP contribution in [0.3, 0.4) is 0 Å². The van der Waals surface area contributed by atoms with E-state index in [1.54, 1.807) is 76.2 Å². The van der Waals surface area contributed by atoms with Crippen LogP contribution >= 0.6 is 0 Å². The molecule has 1 aliphatic heterocycles. The molecular formula is C48H57N7O9S. The molecule has 5 amide bonds. The van der Waals surface area contributed by atoms with Gasteiger partial charge in [0, 0.05) is 24.9 Å². The minimum Gasteiger partial charge on any atom is -0.444 e. The van der Waals surface area contributed by atoms with Gasteiger partial charge in [0.05, 0.1) is 23.5 Å². The Labute approximate surface area is 380 Å². The van der Waals surface area contributed by atoms with Crippen molar-refractivity contribution in [2.45, 2.75) is 101 Å². The molecule has 4 aromatic carbocycles. The van der Waals surface area contributed by atoms with E-state index in [1.807, 2.05) is 60.7 Å². The summed E-state index contributed by atoms with van der Waals surface area (Å²) in [4.78, 5) is 82.8. The van der Waals surface area contributed by atoms with Gasteiger partial charge in [-0.05, 0) is 69.4 Å². The van der Waals surface area contributed by atoms with Crippen LogP contribution in [-0.2, 0) is 33.9 Å². The fraction of sp³-hybridized carbons (Fsp3) is 0.354. The quantitative estimate of drug-likeness (QED) is 0.0590. The second-order valence-corrected chi connectivity index (χ2v) is 18.4. The van der Waals surface area contributed by atoms with E-state index < -0.39 is 82.0 Å². The predicted molar refractivity (Wildman–Crippen MR) is 245 cm³/mol. The third kappa shape index (κ3) is 14.4. The summed E-state index contributed by atoms with van der Waals surface area (Å²) in [6, 6.07) is 30.1. The number of amides is 5. The Balaban J connectivity index is 1.42. The zero-order valence-corrected chi connectivity index (χ0v) is 38.0. The lowest BCUT2D eigenvalue weighted by Gasteiger charge is -2.29. The number of Topliss-reactive ketones (excluding diaryl/α,β-unsaturated/α-hetero) is 2. The van der Waals surface area contributed by atoms with Gasteiger partial charge >= 0.3 is 12.1 Å². The summed E-state index contributed by atoms with van der Waals surface area (Å²) in [7, 11) is -4.06. The second-order valence-electron chi connectivity index (χ2n) is 16.7. The number of hydrogen-bond donors (Lipinski definition) is 5. The maximum atomic E-state index is 14.4. The SMILES string of the molecule is CCC[C@H](NC(=O)C1C[C@@H](NS(=O)(=O)c2ccccc2)CN1C(=O)OC(C)(C)C)C(=NNC(=O)NC(c1ccccc1)c1ccccc1)C(=O)NCC(=O)C[C@H](C(C)=O)c1ccccc1. The summed E-state index contributed by atoms with van der Waals surface area (Å²) >= 11 is 0. The number of nitrogens with zero attached hydrogens (tertiary/aromatic N) is 2. The first-order valence-electron chi connectivity index (χ1n) is 21.4. The number of benzene rings is 4. The van der Waals surface area contributed by atoms with Crippen molar-refractivity contribution < 1.29 is 41.9 Å². The lowest BCUT2D eigenvalue weighted by molar-refractivity contribution is -0.126. The van der Waals surface area contributed by atoms with Gasteiger partial charge in [0.2, 0.25) is 15.9 Å². The van der Waals surface area contributed by atoms with Crippen molar-refractivity contribution in [1.82, 2.24) is 31.0 Å². The van der Waals surface area contributed by atoms with Gasteiger partial charge < -0.3 is 20.7 Å². The van der Waals surface area contributed by atoms with Crippen molar-refractivity contribution in [2.75, 3.05) is 13.1 Å². The Kier molecular flexibility index (Phi) is 17.3. The van der Waals surface area contributed by atoms with E-state index in [2.05, 4.69) is 31.2 Å². The fourth-order valence-electron chi connectivity index (χ4n) is 7.38. The van der Waals surface area contributed by atoms with Crippen LogP contribution in [0.5, 0.6) is 0 Å². The molecule has 5 rings (SSSR count). The average Bonchev–Trinajstić information content (AvgIpc) is 3.71. The van der Waals surface area contributed by atoms with Gasteiger partial charge in [0.1, 0.15) is 23.1 Å². The van der Waals surface area contributed by atoms with Crippen molar-refractivity contribution in [3.05, 3.63) is 138 Å². The molecule has 0 bridgehead atoms. The van der Waals surface area contributed by atoms with Crippen LogP contribution in [0.2, 0.25) is 0 Å². The number of likely N-dealkylation sites (tertiary alicyclic amines) is 1. The minimum atomic E-state index is -4.06. The molecule has 1 fully saturated rings. The molecule has 344 valence electrons. The molecule has 17 heteroatoms. The topological polar surface area (TPSA) is 222 Å². The number of hydrogen-bond acceptors (Lipinski definition) is 10. The van der Waals surface area contributed by atoms with Gasteiger partial charge in [-0.15, -0.1) is 0 Å². The molecular weight excluding hydrogens is 851 g/mol. The van der Waals surface area contributed by atoms with Crippen LogP contribution in [0.15, 0.2) is 131 Å². The summed E-state index contributed by atoms with van der Waals surface area (Å²) in [6.45, 7) is 7.43. The van der Waals surface area contributed by atoms with Crippen LogP contribution in [0.1, 0.15) is 89.0 Å². The van der Waals surface area contributed by atoms with Crippen molar-refractivity contribution in [2.24, 2.45) is 5.10 Å². The summed E-state index contributed by atoms with van der Waals surface area (Å²) in [5.41, 5.74) is 3.26. The van der Waals surface area contributed by atoms with Crippen LogP contribution < -0.4 is 26.1 Å². The third-order valence-corrected chi connectivity index (χ3v) is 12.0. The number of sulfonamides is 1. The largest absolute Gasteiger partial charge is 0.444 e. The van der Waals surface area contributed by atoms with Gasteiger partial charge in [-0.1, -0.05) is 123 Å². The maximum absolute atomic E-state index is 14.4.